The second-order valence-corrected chi connectivity index (χ2v) is 5.74. The van der Waals surface area contributed by atoms with Crippen LogP contribution in [-0.4, -0.2) is 4.89 Å². The van der Waals surface area contributed by atoms with Crippen LogP contribution in [0.1, 0.15) is 0 Å². The molecule has 0 saturated heterocycles. The fourth-order valence-corrected chi connectivity index (χ4v) is 3.48. The molecule has 1 unspecified atom stereocenters. The van der Waals surface area contributed by atoms with Crippen molar-refractivity contribution in [3.05, 3.63) is 54.6 Å². The van der Waals surface area contributed by atoms with Crippen molar-refractivity contribution < 1.29 is 9.46 Å². The molecule has 1 atom stereocenters. The zero-order valence-corrected chi connectivity index (χ0v) is 10.9. The van der Waals surface area contributed by atoms with Gasteiger partial charge in [-0.1, -0.05) is 36.4 Å². The summed E-state index contributed by atoms with van der Waals surface area (Å²) in [6.45, 7) is 0. The van der Waals surface area contributed by atoms with Gasteiger partial charge < -0.3 is 0 Å². The maximum atomic E-state index is 11.5. The van der Waals surface area contributed by atoms with Gasteiger partial charge in [-0.15, -0.1) is 0 Å². The molecule has 0 aliphatic rings. The molecule has 0 fully saturated rings. The summed E-state index contributed by atoms with van der Waals surface area (Å²) in [5, 5.41) is 7.11. The Bertz CT molecular complexity index is 928. The summed E-state index contributed by atoms with van der Waals surface area (Å²) < 4.78 is 11.5. The van der Waals surface area contributed by atoms with E-state index in [0.29, 0.717) is 5.30 Å². The lowest BCUT2D eigenvalue weighted by Gasteiger charge is -2.09. The highest BCUT2D eigenvalue weighted by molar-refractivity contribution is 7.48. The molecular weight excluding hydrogens is 255 g/mol. The summed E-state index contributed by atoms with van der Waals surface area (Å²) in [6.07, 6.45) is 0. The Morgan fingerprint density at radius 1 is 0.737 bits per heavy atom. The highest BCUT2D eigenvalue weighted by atomic mass is 31.1. The van der Waals surface area contributed by atoms with Crippen LogP contribution in [0.15, 0.2) is 54.6 Å². The Morgan fingerprint density at radius 3 is 2.00 bits per heavy atom. The van der Waals surface area contributed by atoms with Crippen molar-refractivity contribution in [1.82, 2.24) is 0 Å². The Hall–Kier alpha value is -2.02. The van der Waals surface area contributed by atoms with Crippen molar-refractivity contribution >= 4 is 45.6 Å². The Balaban J connectivity index is 2.38. The molecule has 0 bridgehead atoms. The summed E-state index contributed by atoms with van der Waals surface area (Å²) in [4.78, 5) is 9.46. The molecule has 2 nitrogen and oxygen atoms in total. The topological polar surface area (TPSA) is 37.3 Å². The standard InChI is InChI=1S/C16H9O2P/c17-19(18)14-9-7-12-5-4-10-2-1-3-11-6-8-13(14)16(12)15(10)11/h1-9H/p+1. The van der Waals surface area contributed by atoms with Crippen molar-refractivity contribution in [2.24, 2.45) is 0 Å². The summed E-state index contributed by atoms with van der Waals surface area (Å²) in [5.74, 6) is 0. The van der Waals surface area contributed by atoms with E-state index in [1.807, 2.05) is 24.3 Å². The van der Waals surface area contributed by atoms with Crippen LogP contribution < -0.4 is 5.30 Å². The predicted octanol–water partition coefficient (Wildman–Crippen LogP) is 3.94. The lowest BCUT2D eigenvalue weighted by Crippen LogP contribution is -1.99. The Labute approximate surface area is 110 Å². The maximum Gasteiger partial charge on any atom is 0.546 e. The quantitative estimate of drug-likeness (QED) is 0.418. The second kappa shape index (κ2) is 3.74. The van der Waals surface area contributed by atoms with Crippen molar-refractivity contribution in [2.75, 3.05) is 0 Å². The minimum Gasteiger partial charge on any atom is -0.156 e. The smallest absolute Gasteiger partial charge is 0.156 e. The van der Waals surface area contributed by atoms with Crippen molar-refractivity contribution in [3.63, 3.8) is 0 Å². The zero-order chi connectivity index (χ0) is 13.0. The first-order valence-corrected chi connectivity index (χ1v) is 7.29. The predicted molar refractivity (Wildman–Crippen MR) is 79.6 cm³/mol. The largest absolute Gasteiger partial charge is 0.546 e. The minimum absolute atomic E-state index is 0.515. The van der Waals surface area contributed by atoms with E-state index in [1.165, 1.54) is 16.2 Å². The molecule has 0 heterocycles. The molecule has 1 N–H and O–H groups in total. The van der Waals surface area contributed by atoms with Gasteiger partial charge in [-0.3, -0.25) is 0 Å². The van der Waals surface area contributed by atoms with Gasteiger partial charge in [0, 0.05) is 10.8 Å². The highest BCUT2D eigenvalue weighted by Crippen LogP contribution is 2.35. The van der Waals surface area contributed by atoms with E-state index in [9.17, 15) is 9.46 Å². The van der Waals surface area contributed by atoms with Crippen LogP contribution in [-0.2, 0) is 4.57 Å². The molecule has 3 heteroatoms. The van der Waals surface area contributed by atoms with E-state index in [-0.39, 0.29) is 0 Å². The number of benzene rings is 4. The van der Waals surface area contributed by atoms with Crippen molar-refractivity contribution in [1.29, 1.82) is 0 Å². The maximum absolute atomic E-state index is 11.5. The van der Waals surface area contributed by atoms with Gasteiger partial charge >= 0.3 is 8.03 Å². The average molecular weight is 265 g/mol. The molecular formula is C16H10O2P+. The van der Waals surface area contributed by atoms with Crippen LogP contribution in [0, 0.1) is 0 Å². The molecule has 4 rings (SSSR count). The first-order valence-electron chi connectivity index (χ1n) is 6.08. The first-order chi connectivity index (χ1) is 9.25. The normalized spacial score (nSPS) is 12.6. The number of hydrogen-bond acceptors (Lipinski definition) is 1. The Morgan fingerprint density at radius 2 is 1.32 bits per heavy atom. The fourth-order valence-electron chi connectivity index (χ4n) is 2.89. The third kappa shape index (κ3) is 1.42. The fraction of sp³-hybridized carbons (Fsp3) is 0. The number of rotatable bonds is 1. The van der Waals surface area contributed by atoms with E-state index >= 15 is 0 Å². The van der Waals surface area contributed by atoms with Gasteiger partial charge in [0.25, 0.3) is 0 Å². The third-order valence-electron chi connectivity index (χ3n) is 3.71. The van der Waals surface area contributed by atoms with Crippen LogP contribution in [0.25, 0.3) is 32.3 Å². The highest BCUT2D eigenvalue weighted by Gasteiger charge is 2.22. The van der Waals surface area contributed by atoms with Gasteiger partial charge in [0.05, 0.1) is 0 Å². The monoisotopic (exact) mass is 265 g/mol. The summed E-state index contributed by atoms with van der Waals surface area (Å²) in [7, 11) is -2.32. The summed E-state index contributed by atoms with van der Waals surface area (Å²) in [6, 6.07) is 18.0. The lowest BCUT2D eigenvalue weighted by molar-refractivity contribution is 0.513. The van der Waals surface area contributed by atoms with Gasteiger partial charge in [-0.05, 0) is 44.3 Å². The van der Waals surface area contributed by atoms with Gasteiger partial charge in [0.15, 0.2) is 0 Å². The van der Waals surface area contributed by atoms with Crippen LogP contribution >= 0.6 is 8.03 Å². The number of hydrogen-bond donors (Lipinski definition) is 1. The van der Waals surface area contributed by atoms with Crippen LogP contribution in [0.3, 0.4) is 0 Å². The van der Waals surface area contributed by atoms with E-state index in [2.05, 4.69) is 24.3 Å². The zero-order valence-electron chi connectivity index (χ0n) is 10.00. The molecule has 4 aromatic carbocycles. The van der Waals surface area contributed by atoms with Gasteiger partial charge in [0.2, 0.25) is 5.30 Å². The molecule has 0 amide bonds. The van der Waals surface area contributed by atoms with Gasteiger partial charge in [-0.2, -0.15) is 4.89 Å². The van der Waals surface area contributed by atoms with Crippen LogP contribution in [0.4, 0.5) is 0 Å². The van der Waals surface area contributed by atoms with Crippen molar-refractivity contribution in [3.8, 4) is 0 Å². The molecule has 19 heavy (non-hydrogen) atoms. The Kier molecular flexibility index (Phi) is 2.14. The average Bonchev–Trinajstić information content (AvgIpc) is 2.44. The molecule has 0 spiro atoms. The van der Waals surface area contributed by atoms with E-state index in [1.54, 1.807) is 6.07 Å². The van der Waals surface area contributed by atoms with Crippen LogP contribution in [0.5, 0.6) is 0 Å². The molecule has 0 aliphatic carbocycles. The molecule has 0 saturated carbocycles. The van der Waals surface area contributed by atoms with Gasteiger partial charge in [0.1, 0.15) is 0 Å². The molecule has 0 radical (unpaired) electrons. The second-order valence-electron chi connectivity index (χ2n) is 4.71. The van der Waals surface area contributed by atoms with Gasteiger partial charge in [-0.25, -0.2) is 0 Å². The lowest BCUT2D eigenvalue weighted by atomic mass is 9.94. The third-order valence-corrected chi connectivity index (χ3v) is 4.51. The molecule has 90 valence electrons. The summed E-state index contributed by atoms with van der Waals surface area (Å²) >= 11 is 0. The molecule has 0 aliphatic heterocycles. The minimum atomic E-state index is -2.32. The molecule has 0 aromatic heterocycles. The van der Waals surface area contributed by atoms with E-state index < -0.39 is 8.03 Å². The van der Waals surface area contributed by atoms with Crippen LogP contribution in [0.2, 0.25) is 0 Å². The summed E-state index contributed by atoms with van der Waals surface area (Å²) in [5.41, 5.74) is 0. The van der Waals surface area contributed by atoms with E-state index in [0.717, 1.165) is 16.2 Å². The first kappa shape index (κ1) is 10.9. The van der Waals surface area contributed by atoms with E-state index in [4.69, 9.17) is 0 Å². The molecule has 4 aromatic rings. The van der Waals surface area contributed by atoms with Crippen molar-refractivity contribution in [2.45, 2.75) is 0 Å². The SMILES string of the molecule is O=[P+](O)c1ccc2ccc3cccc4ccc1c2c34.